The quantitative estimate of drug-likeness (QED) is 0.758. The second-order valence-corrected chi connectivity index (χ2v) is 6.66. The van der Waals surface area contributed by atoms with Crippen molar-refractivity contribution >= 4 is 12.1 Å². The predicted octanol–water partition coefficient (Wildman–Crippen LogP) is 2.94. The fourth-order valence-electron chi connectivity index (χ4n) is 3.20. The van der Waals surface area contributed by atoms with Crippen molar-refractivity contribution in [2.45, 2.75) is 58.9 Å². The molecule has 0 radical (unpaired) electrons. The molecular weight excluding hydrogens is 246 g/mol. The summed E-state index contributed by atoms with van der Waals surface area (Å²) in [6, 6.07) is 0. The summed E-state index contributed by atoms with van der Waals surface area (Å²) < 4.78 is -0.0397. The molecule has 1 amide bonds. The van der Waals surface area contributed by atoms with Crippen LogP contribution >= 0.6 is 0 Å². The van der Waals surface area contributed by atoms with E-state index in [9.17, 15) is 19.8 Å². The molecule has 0 spiro atoms. The number of carbonyl (C=O) groups is 2. The molecule has 110 valence electrons. The minimum absolute atomic E-state index is 0.0397. The average Bonchev–Trinajstić information content (AvgIpc) is 2.48. The van der Waals surface area contributed by atoms with Crippen LogP contribution in [-0.4, -0.2) is 45.4 Å². The zero-order valence-electron chi connectivity index (χ0n) is 12.4. The fourth-order valence-corrected chi connectivity index (χ4v) is 3.20. The second-order valence-electron chi connectivity index (χ2n) is 6.66. The molecule has 5 nitrogen and oxygen atoms in total. The maximum absolute atomic E-state index is 11.8. The molecule has 1 saturated heterocycles. The van der Waals surface area contributed by atoms with Gasteiger partial charge in [0.25, 0.3) is 0 Å². The molecule has 1 rings (SSSR count). The zero-order chi connectivity index (χ0) is 14.9. The third-order valence-corrected chi connectivity index (χ3v) is 4.95. The average molecular weight is 272 g/mol. The van der Waals surface area contributed by atoms with E-state index in [-0.39, 0.29) is 4.48 Å². The smallest absolute Gasteiger partial charge is 0.481 e. The third kappa shape index (κ3) is 2.61. The van der Waals surface area contributed by atoms with Crippen LogP contribution in [0.3, 0.4) is 0 Å². The first-order valence-electron chi connectivity index (χ1n) is 6.95. The molecule has 0 saturated carbocycles. The molecule has 1 fully saturated rings. The Morgan fingerprint density at radius 3 is 2.11 bits per heavy atom. The van der Waals surface area contributed by atoms with Gasteiger partial charge in [-0.15, -0.1) is 0 Å². The maximum Gasteiger partial charge on any atom is 0.513 e. The Morgan fingerprint density at radius 1 is 1.16 bits per heavy atom. The summed E-state index contributed by atoms with van der Waals surface area (Å²) in [4.78, 5) is 23.3. The van der Waals surface area contributed by atoms with E-state index in [1.54, 1.807) is 0 Å². The normalized spacial score (nSPS) is 32.6. The maximum atomic E-state index is 11.8. The first-order valence-corrected chi connectivity index (χ1v) is 6.95. The second kappa shape index (κ2) is 5.12. The number of quaternary nitrogens is 1. The van der Waals surface area contributed by atoms with E-state index < -0.39 is 23.0 Å². The lowest BCUT2D eigenvalue weighted by Crippen LogP contribution is -2.63. The van der Waals surface area contributed by atoms with Crippen LogP contribution in [-0.2, 0) is 4.79 Å². The van der Waals surface area contributed by atoms with Crippen LogP contribution in [0.4, 0.5) is 4.79 Å². The van der Waals surface area contributed by atoms with Crippen molar-refractivity contribution in [1.29, 1.82) is 0 Å². The van der Waals surface area contributed by atoms with Crippen molar-refractivity contribution in [1.82, 2.24) is 0 Å². The van der Waals surface area contributed by atoms with E-state index in [1.165, 1.54) is 0 Å². The van der Waals surface area contributed by atoms with Crippen molar-refractivity contribution in [3.63, 3.8) is 0 Å². The molecule has 2 atom stereocenters. The Kier molecular flexibility index (Phi) is 4.30. The molecule has 0 aliphatic carbocycles. The van der Waals surface area contributed by atoms with Gasteiger partial charge in [-0.25, -0.2) is 4.48 Å². The highest BCUT2D eigenvalue weighted by atomic mass is 16.4. The van der Waals surface area contributed by atoms with E-state index in [1.807, 2.05) is 27.7 Å². The monoisotopic (exact) mass is 272 g/mol. The molecule has 0 aromatic heterocycles. The number of carboxylic acids is 1. The zero-order valence-corrected chi connectivity index (χ0v) is 12.4. The minimum Gasteiger partial charge on any atom is -0.481 e. The SMILES string of the molecule is CCC1(C(=O)O)CCC[N+](C(=O)O)(C(C)(C)C)CC1. The summed E-state index contributed by atoms with van der Waals surface area (Å²) in [5, 5.41) is 19.1. The van der Waals surface area contributed by atoms with Gasteiger partial charge in [-0.2, -0.15) is 4.79 Å². The predicted molar refractivity (Wildman–Crippen MR) is 72.0 cm³/mol. The molecule has 5 heteroatoms. The van der Waals surface area contributed by atoms with Gasteiger partial charge >= 0.3 is 12.1 Å². The van der Waals surface area contributed by atoms with Gasteiger partial charge in [0.15, 0.2) is 0 Å². The van der Waals surface area contributed by atoms with Gasteiger partial charge in [0.05, 0.1) is 18.5 Å². The highest BCUT2D eigenvalue weighted by molar-refractivity contribution is 5.74. The summed E-state index contributed by atoms with van der Waals surface area (Å²) in [6.45, 7) is 8.53. The Balaban J connectivity index is 3.11. The Hall–Kier alpha value is -1.10. The van der Waals surface area contributed by atoms with E-state index in [0.717, 1.165) is 0 Å². The highest BCUT2D eigenvalue weighted by Crippen LogP contribution is 2.40. The van der Waals surface area contributed by atoms with E-state index >= 15 is 0 Å². The van der Waals surface area contributed by atoms with Gasteiger partial charge in [-0.05, 0) is 40.0 Å². The van der Waals surface area contributed by atoms with Crippen LogP contribution in [0.25, 0.3) is 0 Å². The third-order valence-electron chi connectivity index (χ3n) is 4.95. The molecule has 0 aromatic rings. The Morgan fingerprint density at radius 2 is 1.74 bits per heavy atom. The lowest BCUT2D eigenvalue weighted by Gasteiger charge is -2.43. The fraction of sp³-hybridized carbons (Fsp3) is 0.857. The first kappa shape index (κ1) is 16.0. The Bertz CT molecular complexity index is 374. The molecule has 2 N–H and O–H groups in total. The van der Waals surface area contributed by atoms with Crippen molar-refractivity contribution < 1.29 is 24.3 Å². The summed E-state index contributed by atoms with van der Waals surface area (Å²) >= 11 is 0. The number of carboxylic acid groups (broad SMARTS) is 2. The summed E-state index contributed by atoms with van der Waals surface area (Å²) in [6.07, 6.45) is 1.37. The lowest BCUT2D eigenvalue weighted by molar-refractivity contribution is -0.903. The first-order chi connectivity index (χ1) is 8.61. The number of aliphatic carboxylic acids is 1. The number of hydrogen-bond acceptors (Lipinski definition) is 2. The number of amides is 1. The van der Waals surface area contributed by atoms with Crippen LogP contribution in [0.5, 0.6) is 0 Å². The lowest BCUT2D eigenvalue weighted by atomic mass is 9.78. The number of likely N-dealkylation sites (tertiary alicyclic amines) is 1. The van der Waals surface area contributed by atoms with Gasteiger partial charge in [-0.1, -0.05) is 6.92 Å². The van der Waals surface area contributed by atoms with Crippen LogP contribution in [0.1, 0.15) is 53.4 Å². The molecule has 19 heavy (non-hydrogen) atoms. The minimum atomic E-state index is -0.843. The molecule has 2 unspecified atom stereocenters. The van der Waals surface area contributed by atoms with Gasteiger partial charge < -0.3 is 10.2 Å². The van der Waals surface area contributed by atoms with Crippen LogP contribution in [0, 0.1) is 5.41 Å². The summed E-state index contributed by atoms with van der Waals surface area (Å²) in [5.74, 6) is -0.783. The Labute approximate surface area is 114 Å². The summed E-state index contributed by atoms with van der Waals surface area (Å²) in [7, 11) is 0. The van der Waals surface area contributed by atoms with Crippen molar-refractivity contribution in [2.75, 3.05) is 13.1 Å². The largest absolute Gasteiger partial charge is 0.513 e. The molecule has 1 aliphatic heterocycles. The van der Waals surface area contributed by atoms with E-state index in [4.69, 9.17) is 0 Å². The van der Waals surface area contributed by atoms with Crippen LogP contribution in [0.15, 0.2) is 0 Å². The highest BCUT2D eigenvalue weighted by Gasteiger charge is 2.52. The molecular formula is C14H26NO4+. The van der Waals surface area contributed by atoms with Gasteiger partial charge in [-0.3, -0.25) is 4.79 Å². The molecule has 0 aromatic carbocycles. The molecule has 1 heterocycles. The number of rotatable bonds is 2. The number of nitrogens with zero attached hydrogens (tertiary/aromatic N) is 1. The van der Waals surface area contributed by atoms with Crippen LogP contribution < -0.4 is 0 Å². The van der Waals surface area contributed by atoms with E-state index in [0.29, 0.717) is 38.8 Å². The van der Waals surface area contributed by atoms with Crippen molar-refractivity contribution in [3.05, 3.63) is 0 Å². The number of hydrogen-bond donors (Lipinski definition) is 2. The van der Waals surface area contributed by atoms with Gasteiger partial charge in [0.1, 0.15) is 5.54 Å². The van der Waals surface area contributed by atoms with Crippen LogP contribution in [0.2, 0.25) is 0 Å². The topological polar surface area (TPSA) is 74.6 Å². The van der Waals surface area contributed by atoms with Gasteiger partial charge in [0, 0.05) is 6.42 Å². The molecule has 0 bridgehead atoms. The van der Waals surface area contributed by atoms with Gasteiger partial charge in [0.2, 0.25) is 0 Å². The summed E-state index contributed by atoms with van der Waals surface area (Å²) in [5.41, 5.74) is -1.17. The van der Waals surface area contributed by atoms with E-state index in [2.05, 4.69) is 0 Å². The standard InChI is InChI=1S/C14H25NO4/c1-5-14(11(16)17)7-6-9-15(10-8-14,12(18)19)13(2,3)4/h5-10H2,1-4H3,(H-,16,17,18,19)/p+1. The van der Waals surface area contributed by atoms with Crippen molar-refractivity contribution in [3.8, 4) is 0 Å². The van der Waals surface area contributed by atoms with Crippen molar-refractivity contribution in [2.24, 2.45) is 5.41 Å². The molecule has 1 aliphatic rings.